The molecule has 0 radical (unpaired) electrons. The molecule has 0 amide bonds. The Morgan fingerprint density at radius 3 is 2.90 bits per heavy atom. The Hall–Kier alpha value is -1.33. The van der Waals surface area contributed by atoms with Crippen molar-refractivity contribution in [2.24, 2.45) is 5.73 Å². The fourth-order valence-electron chi connectivity index (χ4n) is 2.55. The molecule has 1 heterocycles. The van der Waals surface area contributed by atoms with Crippen molar-refractivity contribution in [3.63, 3.8) is 0 Å². The van der Waals surface area contributed by atoms with Gasteiger partial charge in [-0.25, -0.2) is 4.79 Å². The van der Waals surface area contributed by atoms with Crippen LogP contribution in [0.5, 0.6) is 0 Å². The minimum Gasteiger partial charge on any atom is -0.467 e. The molecule has 1 saturated heterocycles. The van der Waals surface area contributed by atoms with E-state index in [1.54, 1.807) is 18.2 Å². The molecule has 4 nitrogen and oxygen atoms in total. The molecule has 1 unspecified atom stereocenters. The van der Waals surface area contributed by atoms with Gasteiger partial charge in [-0.05, 0) is 37.5 Å². The van der Waals surface area contributed by atoms with Gasteiger partial charge < -0.3 is 15.4 Å². The highest BCUT2D eigenvalue weighted by Crippen LogP contribution is 2.31. The average Bonchev–Trinajstić information content (AvgIpc) is 2.46. The van der Waals surface area contributed by atoms with Gasteiger partial charge in [0.15, 0.2) is 0 Å². The molecule has 1 aliphatic rings. The van der Waals surface area contributed by atoms with Gasteiger partial charge in [0.05, 0.1) is 7.11 Å². The fraction of sp³-hybridized carbons (Fsp3) is 0.429. The minimum atomic E-state index is -0.305. The number of halogens is 1. The van der Waals surface area contributed by atoms with Crippen LogP contribution in [0.25, 0.3) is 0 Å². The van der Waals surface area contributed by atoms with Crippen LogP contribution in [0, 0.1) is 0 Å². The summed E-state index contributed by atoms with van der Waals surface area (Å²) < 4.78 is 4.89. The van der Waals surface area contributed by atoms with E-state index in [4.69, 9.17) is 34.3 Å². The number of hydrogen-bond acceptors (Lipinski definition) is 4. The van der Waals surface area contributed by atoms with Crippen LogP contribution in [-0.2, 0) is 9.53 Å². The van der Waals surface area contributed by atoms with Crippen molar-refractivity contribution in [3.8, 4) is 0 Å². The zero-order valence-corrected chi connectivity index (χ0v) is 12.8. The molecule has 0 bridgehead atoms. The first-order valence-electron chi connectivity index (χ1n) is 6.48. The molecule has 0 spiro atoms. The van der Waals surface area contributed by atoms with Crippen molar-refractivity contribution in [1.82, 2.24) is 0 Å². The molecule has 1 fully saturated rings. The Bertz CT molecular complexity index is 536. The van der Waals surface area contributed by atoms with Crippen molar-refractivity contribution < 1.29 is 9.53 Å². The number of nitrogens with two attached hydrogens (primary N) is 1. The molecule has 1 aromatic carbocycles. The third-order valence-corrected chi connectivity index (χ3v) is 3.97. The minimum absolute atomic E-state index is 0.237. The summed E-state index contributed by atoms with van der Waals surface area (Å²) in [6.07, 6.45) is 2.77. The van der Waals surface area contributed by atoms with E-state index in [1.165, 1.54) is 7.11 Å². The molecule has 0 saturated carbocycles. The lowest BCUT2D eigenvalue weighted by atomic mass is 9.99. The quantitative estimate of drug-likeness (QED) is 0.686. The SMILES string of the molecule is COC(=O)C1CCCCN1c1cc(Cl)ccc1C(N)=S. The summed E-state index contributed by atoms with van der Waals surface area (Å²) in [6, 6.07) is 5.04. The number of esters is 1. The first-order chi connectivity index (χ1) is 9.54. The molecule has 0 aliphatic carbocycles. The van der Waals surface area contributed by atoms with Crippen molar-refractivity contribution in [2.75, 3.05) is 18.6 Å². The number of benzene rings is 1. The zero-order valence-electron chi connectivity index (χ0n) is 11.3. The summed E-state index contributed by atoms with van der Waals surface area (Å²) in [4.78, 5) is 14.2. The van der Waals surface area contributed by atoms with E-state index in [0.717, 1.165) is 37.1 Å². The van der Waals surface area contributed by atoms with Crippen LogP contribution < -0.4 is 10.6 Å². The van der Waals surface area contributed by atoms with Crippen molar-refractivity contribution >= 4 is 40.5 Å². The smallest absolute Gasteiger partial charge is 0.328 e. The van der Waals surface area contributed by atoms with Crippen molar-refractivity contribution in [3.05, 3.63) is 28.8 Å². The van der Waals surface area contributed by atoms with E-state index in [1.807, 2.05) is 4.90 Å². The highest BCUT2D eigenvalue weighted by molar-refractivity contribution is 7.80. The van der Waals surface area contributed by atoms with Gasteiger partial charge in [-0.3, -0.25) is 0 Å². The summed E-state index contributed by atoms with van der Waals surface area (Å²) in [5.74, 6) is -0.237. The van der Waals surface area contributed by atoms with Crippen LogP contribution in [0.4, 0.5) is 5.69 Å². The van der Waals surface area contributed by atoms with Gasteiger partial charge in [-0.1, -0.05) is 23.8 Å². The summed E-state index contributed by atoms with van der Waals surface area (Å²) in [7, 11) is 1.40. The van der Waals surface area contributed by atoms with Gasteiger partial charge in [-0.15, -0.1) is 0 Å². The lowest BCUT2D eigenvalue weighted by Crippen LogP contribution is -2.46. The van der Waals surface area contributed by atoms with Crippen molar-refractivity contribution in [1.29, 1.82) is 0 Å². The van der Waals surface area contributed by atoms with Gasteiger partial charge in [0.1, 0.15) is 11.0 Å². The number of nitrogens with zero attached hydrogens (tertiary/aromatic N) is 1. The first-order valence-corrected chi connectivity index (χ1v) is 7.27. The normalized spacial score (nSPS) is 18.7. The average molecular weight is 313 g/mol. The summed E-state index contributed by atoms with van der Waals surface area (Å²) in [5.41, 5.74) is 7.31. The molecule has 2 N–H and O–H groups in total. The van der Waals surface area contributed by atoms with E-state index in [-0.39, 0.29) is 12.0 Å². The second-order valence-electron chi connectivity index (χ2n) is 4.75. The Kier molecular flexibility index (Phi) is 4.83. The second kappa shape index (κ2) is 6.41. The molecule has 1 aliphatic heterocycles. The summed E-state index contributed by atoms with van der Waals surface area (Å²) in [6.45, 7) is 0.760. The van der Waals surface area contributed by atoms with Crippen LogP contribution in [0.2, 0.25) is 5.02 Å². The zero-order chi connectivity index (χ0) is 14.7. The molecule has 0 aromatic heterocycles. The monoisotopic (exact) mass is 312 g/mol. The van der Waals surface area contributed by atoms with Crippen LogP contribution in [0.1, 0.15) is 24.8 Å². The molecule has 20 heavy (non-hydrogen) atoms. The number of anilines is 1. The highest BCUT2D eigenvalue weighted by Gasteiger charge is 2.31. The number of piperidine rings is 1. The summed E-state index contributed by atoms with van der Waals surface area (Å²) in [5, 5.41) is 0.592. The van der Waals surface area contributed by atoms with E-state index in [0.29, 0.717) is 10.0 Å². The number of hydrogen-bond donors (Lipinski definition) is 1. The molecule has 6 heteroatoms. The Balaban J connectivity index is 2.44. The number of rotatable bonds is 3. The van der Waals surface area contributed by atoms with E-state index in [2.05, 4.69) is 0 Å². The highest BCUT2D eigenvalue weighted by atomic mass is 35.5. The van der Waals surface area contributed by atoms with Gasteiger partial charge in [0.2, 0.25) is 0 Å². The maximum absolute atomic E-state index is 12.0. The number of ether oxygens (including phenoxy) is 1. The van der Waals surface area contributed by atoms with Gasteiger partial charge in [0.25, 0.3) is 0 Å². The lowest BCUT2D eigenvalue weighted by molar-refractivity contribution is -0.142. The molecular weight excluding hydrogens is 296 g/mol. The molecule has 1 aromatic rings. The Morgan fingerprint density at radius 2 is 2.25 bits per heavy atom. The Morgan fingerprint density at radius 1 is 1.50 bits per heavy atom. The molecule has 108 valence electrons. The maximum atomic E-state index is 12.0. The fourth-order valence-corrected chi connectivity index (χ4v) is 2.89. The number of carbonyl (C=O) groups excluding carboxylic acids is 1. The predicted molar refractivity (Wildman–Crippen MR) is 84.3 cm³/mol. The summed E-state index contributed by atoms with van der Waals surface area (Å²) >= 11 is 11.2. The van der Waals surface area contributed by atoms with Gasteiger partial charge in [0, 0.05) is 22.8 Å². The standard InChI is InChI=1S/C14H17ClN2O2S/c1-19-14(18)11-4-2-3-7-17(11)12-8-9(15)5-6-10(12)13(16)20/h5-6,8,11H,2-4,7H2,1H3,(H2,16,20). The predicted octanol–water partition coefficient (Wildman–Crippen LogP) is 2.51. The van der Waals surface area contributed by atoms with Gasteiger partial charge in [-0.2, -0.15) is 0 Å². The van der Waals surface area contributed by atoms with E-state index >= 15 is 0 Å². The van der Waals surface area contributed by atoms with E-state index in [9.17, 15) is 4.79 Å². The topological polar surface area (TPSA) is 55.6 Å². The third kappa shape index (κ3) is 3.04. The molecule has 1 atom stereocenters. The third-order valence-electron chi connectivity index (χ3n) is 3.51. The van der Waals surface area contributed by atoms with Crippen LogP contribution in [-0.4, -0.2) is 30.7 Å². The second-order valence-corrected chi connectivity index (χ2v) is 5.63. The Labute approximate surface area is 128 Å². The first kappa shape index (κ1) is 15.1. The molecular formula is C14H17ClN2O2S. The van der Waals surface area contributed by atoms with Crippen LogP contribution >= 0.6 is 23.8 Å². The number of thiocarbonyl (C=S) groups is 1. The molecule has 2 rings (SSSR count). The number of methoxy groups -OCH3 is 1. The van der Waals surface area contributed by atoms with E-state index < -0.39 is 0 Å². The van der Waals surface area contributed by atoms with Gasteiger partial charge >= 0.3 is 5.97 Å². The van der Waals surface area contributed by atoms with Crippen LogP contribution in [0.15, 0.2) is 18.2 Å². The van der Waals surface area contributed by atoms with Crippen molar-refractivity contribution in [2.45, 2.75) is 25.3 Å². The lowest BCUT2D eigenvalue weighted by Gasteiger charge is -2.36. The van der Waals surface area contributed by atoms with Crippen LogP contribution in [0.3, 0.4) is 0 Å². The number of carbonyl (C=O) groups is 1. The maximum Gasteiger partial charge on any atom is 0.328 e. The largest absolute Gasteiger partial charge is 0.467 e.